The van der Waals surface area contributed by atoms with Crippen molar-refractivity contribution in [1.82, 2.24) is 9.97 Å². The Kier molecular flexibility index (Phi) is 1.98. The average Bonchev–Trinajstić information content (AvgIpc) is 2.86. The van der Waals surface area contributed by atoms with Gasteiger partial charge in [0.1, 0.15) is 0 Å². The van der Waals surface area contributed by atoms with E-state index in [0.717, 1.165) is 11.4 Å². The summed E-state index contributed by atoms with van der Waals surface area (Å²) in [6.45, 7) is 0. The molecule has 0 unspecified atom stereocenters. The van der Waals surface area contributed by atoms with Crippen molar-refractivity contribution >= 4 is 21.6 Å². The van der Waals surface area contributed by atoms with Crippen LogP contribution in [0.4, 0.5) is 0 Å². The molecule has 0 amide bonds. The molecule has 2 aromatic heterocycles. The third kappa shape index (κ3) is 1.32. The lowest BCUT2D eigenvalue weighted by atomic mass is 10.1. The lowest BCUT2D eigenvalue weighted by Gasteiger charge is -2.01. The second-order valence-electron chi connectivity index (χ2n) is 3.88. The van der Waals surface area contributed by atoms with E-state index in [9.17, 15) is 0 Å². The van der Waals surface area contributed by atoms with Crippen molar-refractivity contribution in [2.45, 2.75) is 31.6 Å². The highest BCUT2D eigenvalue weighted by atomic mass is 32.1. The summed E-state index contributed by atoms with van der Waals surface area (Å²) in [5, 5.41) is 1.32. The zero-order valence-corrected chi connectivity index (χ0v) is 8.76. The van der Waals surface area contributed by atoms with Crippen molar-refractivity contribution in [2.75, 3.05) is 0 Å². The number of hydrogen-bond acceptors (Lipinski definition) is 3. The third-order valence-corrected chi connectivity index (χ3v) is 4.11. The minimum Gasteiger partial charge on any atom is -0.262 e. The van der Waals surface area contributed by atoms with Gasteiger partial charge in [0, 0.05) is 12.1 Å². The van der Waals surface area contributed by atoms with Crippen LogP contribution in [0.25, 0.3) is 10.2 Å². The smallest absolute Gasteiger partial charge is 0.0998 e. The molecule has 1 fully saturated rings. The predicted octanol–water partition coefficient (Wildman–Crippen LogP) is 3.35. The van der Waals surface area contributed by atoms with Crippen LogP contribution < -0.4 is 0 Å². The Labute approximate surface area is 87.0 Å². The maximum atomic E-state index is 4.65. The van der Waals surface area contributed by atoms with Crippen LogP contribution >= 0.6 is 11.3 Å². The van der Waals surface area contributed by atoms with Crippen LogP contribution in [-0.2, 0) is 0 Å². The van der Waals surface area contributed by atoms with Crippen LogP contribution in [0.2, 0.25) is 0 Å². The number of fused-ring (bicyclic) bond motifs is 1. The number of nitrogens with zero attached hydrogens (tertiary/aromatic N) is 2. The number of rotatable bonds is 1. The first-order chi connectivity index (χ1) is 6.93. The second kappa shape index (κ2) is 3.31. The molecule has 2 nitrogen and oxygen atoms in total. The van der Waals surface area contributed by atoms with Gasteiger partial charge >= 0.3 is 0 Å². The first kappa shape index (κ1) is 8.36. The topological polar surface area (TPSA) is 25.8 Å². The van der Waals surface area contributed by atoms with E-state index >= 15 is 0 Å². The maximum absolute atomic E-state index is 4.65. The molecule has 0 saturated heterocycles. The molecule has 2 aromatic rings. The van der Waals surface area contributed by atoms with Crippen LogP contribution in [0, 0.1) is 0 Å². The summed E-state index contributed by atoms with van der Waals surface area (Å²) >= 11 is 1.84. The Hall–Kier alpha value is -0.960. The minimum atomic E-state index is 0.729. The van der Waals surface area contributed by atoms with Gasteiger partial charge in [-0.3, -0.25) is 4.98 Å². The van der Waals surface area contributed by atoms with Crippen molar-refractivity contribution in [3.05, 3.63) is 23.5 Å². The fourth-order valence-corrected chi connectivity index (χ4v) is 3.25. The Bertz CT molecular complexity index is 410. The van der Waals surface area contributed by atoms with Gasteiger partial charge in [0.05, 0.1) is 21.4 Å². The first-order valence-corrected chi connectivity index (χ1v) is 5.95. The molecule has 0 spiro atoms. The zero-order valence-electron chi connectivity index (χ0n) is 7.94. The molecule has 1 aliphatic carbocycles. The fourth-order valence-electron chi connectivity index (χ4n) is 2.15. The monoisotopic (exact) mass is 204 g/mol. The highest BCUT2D eigenvalue weighted by Crippen LogP contribution is 2.37. The molecule has 0 bridgehead atoms. The van der Waals surface area contributed by atoms with Crippen LogP contribution in [0.5, 0.6) is 0 Å². The molecule has 0 N–H and O–H groups in total. The third-order valence-electron chi connectivity index (χ3n) is 2.91. The van der Waals surface area contributed by atoms with E-state index in [0.29, 0.717) is 0 Å². The van der Waals surface area contributed by atoms with Crippen LogP contribution in [0.3, 0.4) is 0 Å². The SMILES string of the molecule is c1cc2sc(C3CCCC3)nc2cn1. The number of pyridine rings is 1. The van der Waals surface area contributed by atoms with Gasteiger partial charge in [-0.05, 0) is 18.9 Å². The molecule has 0 aromatic carbocycles. The summed E-state index contributed by atoms with van der Waals surface area (Å²) in [6, 6.07) is 2.06. The quantitative estimate of drug-likeness (QED) is 0.712. The van der Waals surface area contributed by atoms with Gasteiger partial charge in [0.15, 0.2) is 0 Å². The second-order valence-corrected chi connectivity index (χ2v) is 4.94. The van der Waals surface area contributed by atoms with E-state index < -0.39 is 0 Å². The van der Waals surface area contributed by atoms with Gasteiger partial charge < -0.3 is 0 Å². The lowest BCUT2D eigenvalue weighted by molar-refractivity contribution is 0.718. The van der Waals surface area contributed by atoms with Gasteiger partial charge in [0.25, 0.3) is 0 Å². The minimum absolute atomic E-state index is 0.729. The average molecular weight is 204 g/mol. The summed E-state index contributed by atoms with van der Waals surface area (Å²) in [6.07, 6.45) is 9.11. The molecule has 2 heterocycles. The van der Waals surface area contributed by atoms with Crippen molar-refractivity contribution in [2.24, 2.45) is 0 Å². The van der Waals surface area contributed by atoms with Crippen LogP contribution in [0.15, 0.2) is 18.5 Å². The number of thiazole rings is 1. The maximum Gasteiger partial charge on any atom is 0.0998 e. The molecule has 1 aliphatic rings. The van der Waals surface area contributed by atoms with Crippen molar-refractivity contribution < 1.29 is 0 Å². The van der Waals surface area contributed by atoms with Crippen LogP contribution in [0.1, 0.15) is 36.6 Å². The summed E-state index contributed by atoms with van der Waals surface area (Å²) in [5.41, 5.74) is 1.07. The predicted molar refractivity (Wildman–Crippen MR) is 58.6 cm³/mol. The standard InChI is InChI=1S/C11H12N2S/c1-2-4-8(3-1)11-13-9-7-12-6-5-10(9)14-11/h5-8H,1-4H2. The van der Waals surface area contributed by atoms with E-state index in [1.807, 2.05) is 23.7 Å². The van der Waals surface area contributed by atoms with Crippen molar-refractivity contribution in [3.8, 4) is 0 Å². The molecular formula is C11H12N2S. The Morgan fingerprint density at radius 1 is 1.29 bits per heavy atom. The molecule has 0 aliphatic heterocycles. The van der Waals surface area contributed by atoms with Crippen LogP contribution in [-0.4, -0.2) is 9.97 Å². The van der Waals surface area contributed by atoms with Crippen molar-refractivity contribution in [1.29, 1.82) is 0 Å². The van der Waals surface area contributed by atoms with Crippen molar-refractivity contribution in [3.63, 3.8) is 0 Å². The van der Waals surface area contributed by atoms with E-state index in [4.69, 9.17) is 0 Å². The highest BCUT2D eigenvalue weighted by molar-refractivity contribution is 7.18. The molecule has 72 valence electrons. The molecular weight excluding hydrogens is 192 g/mol. The largest absolute Gasteiger partial charge is 0.262 e. The molecule has 3 heteroatoms. The molecule has 0 radical (unpaired) electrons. The summed E-state index contributed by atoms with van der Waals surface area (Å²) in [5.74, 6) is 0.729. The molecule has 0 atom stereocenters. The number of hydrogen-bond donors (Lipinski definition) is 0. The Morgan fingerprint density at radius 3 is 2.93 bits per heavy atom. The molecule has 14 heavy (non-hydrogen) atoms. The summed E-state index contributed by atoms with van der Waals surface area (Å²) < 4.78 is 1.28. The van der Waals surface area contributed by atoms with Gasteiger partial charge in [-0.2, -0.15) is 0 Å². The lowest BCUT2D eigenvalue weighted by Crippen LogP contribution is -1.89. The van der Waals surface area contributed by atoms with Gasteiger partial charge in [-0.15, -0.1) is 11.3 Å². The first-order valence-electron chi connectivity index (χ1n) is 5.14. The van der Waals surface area contributed by atoms with E-state index in [1.165, 1.54) is 35.4 Å². The molecule has 1 saturated carbocycles. The molecule has 3 rings (SSSR count). The summed E-state index contributed by atoms with van der Waals surface area (Å²) in [4.78, 5) is 8.75. The van der Waals surface area contributed by atoms with Gasteiger partial charge in [-0.1, -0.05) is 12.8 Å². The van der Waals surface area contributed by atoms with Gasteiger partial charge in [0.2, 0.25) is 0 Å². The summed E-state index contributed by atoms with van der Waals surface area (Å²) in [7, 11) is 0. The Balaban J connectivity index is 2.05. The normalized spacial score (nSPS) is 18.0. The number of aromatic nitrogens is 2. The highest BCUT2D eigenvalue weighted by Gasteiger charge is 2.20. The van der Waals surface area contributed by atoms with E-state index in [2.05, 4.69) is 16.0 Å². The Morgan fingerprint density at radius 2 is 2.14 bits per heavy atom. The van der Waals surface area contributed by atoms with E-state index in [-0.39, 0.29) is 0 Å². The van der Waals surface area contributed by atoms with E-state index in [1.54, 1.807) is 0 Å². The fraction of sp³-hybridized carbons (Fsp3) is 0.455. The zero-order chi connectivity index (χ0) is 9.38. The van der Waals surface area contributed by atoms with Gasteiger partial charge in [-0.25, -0.2) is 4.98 Å².